The number of hydrogen-bond acceptors (Lipinski definition) is 3. The van der Waals surface area contributed by atoms with Gasteiger partial charge in [-0.15, -0.1) is 0 Å². The monoisotopic (exact) mass is 428 g/mol. The smallest absolute Gasteiger partial charge is 0.185 e. The van der Waals surface area contributed by atoms with E-state index in [-0.39, 0.29) is 12.0 Å². The molecule has 0 saturated carbocycles. The molecule has 0 fully saturated rings. The Hall–Kier alpha value is -1.91. The number of aliphatic hydroxyl groups is 1. The van der Waals surface area contributed by atoms with Crippen LogP contribution in [0.15, 0.2) is 81.8 Å². The lowest BCUT2D eigenvalue weighted by molar-refractivity contribution is 0.341. The summed E-state index contributed by atoms with van der Waals surface area (Å²) in [6, 6.07) is 8.54. The molecule has 0 aromatic heterocycles. The van der Waals surface area contributed by atoms with Crippen molar-refractivity contribution in [3.63, 3.8) is 0 Å². The molecule has 1 unspecified atom stereocenters. The quantitative estimate of drug-likeness (QED) is 0.397. The van der Waals surface area contributed by atoms with Crippen molar-refractivity contribution in [3.8, 4) is 0 Å². The molecule has 1 aromatic rings. The second kappa shape index (κ2) is 10.4. The van der Waals surface area contributed by atoms with Crippen molar-refractivity contribution in [2.24, 2.45) is 5.41 Å². The van der Waals surface area contributed by atoms with Gasteiger partial charge in [-0.1, -0.05) is 73.1 Å². The summed E-state index contributed by atoms with van der Waals surface area (Å²) in [5.41, 5.74) is 4.73. The molecule has 0 spiro atoms. The predicted molar refractivity (Wildman–Crippen MR) is 126 cm³/mol. The minimum atomic E-state index is -3.54. The summed E-state index contributed by atoms with van der Waals surface area (Å²) in [4.78, 5) is 0.312. The Morgan fingerprint density at radius 2 is 1.83 bits per heavy atom. The molecule has 0 amide bonds. The summed E-state index contributed by atoms with van der Waals surface area (Å²) in [7, 11) is -3.54. The van der Waals surface area contributed by atoms with Gasteiger partial charge in [-0.3, -0.25) is 0 Å². The van der Waals surface area contributed by atoms with Gasteiger partial charge < -0.3 is 5.11 Å². The van der Waals surface area contributed by atoms with Crippen molar-refractivity contribution in [2.45, 2.75) is 70.4 Å². The summed E-state index contributed by atoms with van der Waals surface area (Å²) < 4.78 is 26.4. The number of allylic oxidation sites excluding steroid dienone is 6. The van der Waals surface area contributed by atoms with E-state index in [1.807, 2.05) is 19.1 Å². The lowest BCUT2D eigenvalue weighted by Crippen LogP contribution is -2.22. The minimum Gasteiger partial charge on any atom is -0.392 e. The SMILES string of the molecule is CC(C=CC1=C(C)CCCC1(C)C)=CCC(C(C)=CCO)S(=O)(=O)c1ccccc1. The van der Waals surface area contributed by atoms with Crippen molar-refractivity contribution in [1.29, 1.82) is 0 Å². The predicted octanol–water partition coefficient (Wildman–Crippen LogP) is 6.19. The first kappa shape index (κ1) is 24.4. The molecular formula is C26H36O3S. The van der Waals surface area contributed by atoms with Gasteiger partial charge in [-0.25, -0.2) is 8.42 Å². The van der Waals surface area contributed by atoms with Gasteiger partial charge in [-0.2, -0.15) is 0 Å². The van der Waals surface area contributed by atoms with Gasteiger partial charge in [0.15, 0.2) is 9.84 Å². The molecule has 1 aliphatic rings. The lowest BCUT2D eigenvalue weighted by atomic mass is 9.72. The highest BCUT2D eigenvalue weighted by Crippen LogP contribution is 2.40. The average Bonchev–Trinajstić information content (AvgIpc) is 2.68. The van der Waals surface area contributed by atoms with Crippen molar-refractivity contribution >= 4 is 9.84 Å². The van der Waals surface area contributed by atoms with Crippen LogP contribution in [0.2, 0.25) is 0 Å². The van der Waals surface area contributed by atoms with Gasteiger partial charge in [0.2, 0.25) is 0 Å². The third kappa shape index (κ3) is 6.05. The van der Waals surface area contributed by atoms with E-state index in [1.54, 1.807) is 37.3 Å². The van der Waals surface area contributed by atoms with Crippen LogP contribution in [-0.2, 0) is 9.84 Å². The van der Waals surface area contributed by atoms with Crippen molar-refractivity contribution in [2.75, 3.05) is 6.61 Å². The van der Waals surface area contributed by atoms with Gasteiger partial charge in [0.05, 0.1) is 16.8 Å². The molecule has 0 aliphatic heterocycles. The second-order valence-corrected chi connectivity index (χ2v) is 11.1. The van der Waals surface area contributed by atoms with E-state index in [0.29, 0.717) is 16.9 Å². The van der Waals surface area contributed by atoms with Crippen LogP contribution < -0.4 is 0 Å². The summed E-state index contributed by atoms with van der Waals surface area (Å²) in [6.45, 7) is 10.4. The van der Waals surface area contributed by atoms with Crippen LogP contribution in [0.4, 0.5) is 0 Å². The molecule has 1 aliphatic carbocycles. The molecule has 0 bridgehead atoms. The van der Waals surface area contributed by atoms with Gasteiger partial charge in [0.1, 0.15) is 0 Å². The van der Waals surface area contributed by atoms with Crippen LogP contribution in [0, 0.1) is 5.41 Å². The van der Waals surface area contributed by atoms with Gasteiger partial charge in [-0.05, 0) is 69.6 Å². The number of benzene rings is 1. The number of rotatable bonds is 8. The van der Waals surface area contributed by atoms with Gasteiger partial charge >= 0.3 is 0 Å². The molecule has 164 valence electrons. The summed E-state index contributed by atoms with van der Waals surface area (Å²) in [5.74, 6) is 0. The molecule has 0 heterocycles. The Morgan fingerprint density at radius 3 is 2.43 bits per heavy atom. The Morgan fingerprint density at radius 1 is 1.17 bits per heavy atom. The lowest BCUT2D eigenvalue weighted by Gasteiger charge is -2.33. The number of sulfone groups is 1. The first-order valence-electron chi connectivity index (χ1n) is 10.7. The molecule has 0 saturated heterocycles. The Labute approximate surface area is 182 Å². The van der Waals surface area contributed by atoms with E-state index in [4.69, 9.17) is 0 Å². The maximum atomic E-state index is 13.2. The van der Waals surface area contributed by atoms with E-state index in [0.717, 1.165) is 12.0 Å². The topological polar surface area (TPSA) is 54.4 Å². The molecule has 4 heteroatoms. The maximum Gasteiger partial charge on any atom is 0.185 e. The molecule has 2 rings (SSSR count). The van der Waals surface area contributed by atoms with E-state index >= 15 is 0 Å². The van der Waals surface area contributed by atoms with Gasteiger partial charge in [0, 0.05) is 0 Å². The zero-order chi connectivity index (χ0) is 22.4. The summed E-state index contributed by atoms with van der Waals surface area (Å²) in [5, 5.41) is 8.61. The minimum absolute atomic E-state index is 0.169. The number of hydrogen-bond donors (Lipinski definition) is 1. The molecular weight excluding hydrogens is 392 g/mol. The first-order valence-corrected chi connectivity index (χ1v) is 12.3. The summed E-state index contributed by atoms with van der Waals surface area (Å²) in [6.07, 6.45) is 11.8. The molecule has 1 aromatic carbocycles. The maximum absolute atomic E-state index is 13.2. The van der Waals surface area contributed by atoms with E-state index in [9.17, 15) is 13.5 Å². The van der Waals surface area contributed by atoms with E-state index < -0.39 is 15.1 Å². The average molecular weight is 429 g/mol. The number of aliphatic hydroxyl groups excluding tert-OH is 1. The highest BCUT2D eigenvalue weighted by atomic mass is 32.2. The third-order valence-electron chi connectivity index (χ3n) is 6.08. The van der Waals surface area contributed by atoms with Crippen molar-refractivity contribution in [3.05, 3.63) is 76.9 Å². The van der Waals surface area contributed by atoms with Crippen molar-refractivity contribution in [1.82, 2.24) is 0 Å². The molecule has 0 radical (unpaired) electrons. The first-order chi connectivity index (χ1) is 14.1. The normalized spacial score (nSPS) is 19.4. The Balaban J connectivity index is 2.28. The van der Waals surface area contributed by atoms with Gasteiger partial charge in [0.25, 0.3) is 0 Å². The Kier molecular flexibility index (Phi) is 8.45. The van der Waals surface area contributed by atoms with Crippen LogP contribution in [-0.4, -0.2) is 25.4 Å². The van der Waals surface area contributed by atoms with Crippen LogP contribution >= 0.6 is 0 Å². The van der Waals surface area contributed by atoms with Crippen LogP contribution in [0.25, 0.3) is 0 Å². The molecule has 1 atom stereocenters. The van der Waals surface area contributed by atoms with Crippen LogP contribution in [0.5, 0.6) is 0 Å². The Bertz CT molecular complexity index is 945. The molecule has 1 N–H and O–H groups in total. The highest BCUT2D eigenvalue weighted by molar-refractivity contribution is 7.92. The second-order valence-electron chi connectivity index (χ2n) is 8.93. The molecule has 30 heavy (non-hydrogen) atoms. The zero-order valence-electron chi connectivity index (χ0n) is 19.0. The van der Waals surface area contributed by atoms with Crippen molar-refractivity contribution < 1.29 is 13.5 Å². The standard InChI is InChI=1S/C26H36O3S/c1-20(13-15-24-21(2)10-9-18-26(24,4)5)14-16-25(22(3)17-19-27)30(28,29)23-11-7-6-8-12-23/h6-8,11-15,17,25,27H,9-10,16,18-19H2,1-5H3. The highest BCUT2D eigenvalue weighted by Gasteiger charge is 2.28. The van der Waals surface area contributed by atoms with E-state index in [1.165, 1.54) is 24.0 Å². The van der Waals surface area contributed by atoms with E-state index in [2.05, 4.69) is 32.9 Å². The fourth-order valence-corrected chi connectivity index (χ4v) is 5.99. The van der Waals surface area contributed by atoms with Crippen LogP contribution in [0.3, 0.4) is 0 Å². The largest absolute Gasteiger partial charge is 0.392 e. The zero-order valence-corrected chi connectivity index (χ0v) is 19.8. The molecule has 3 nitrogen and oxygen atoms in total. The fourth-order valence-electron chi connectivity index (χ4n) is 4.19. The summed E-state index contributed by atoms with van der Waals surface area (Å²) >= 11 is 0. The van der Waals surface area contributed by atoms with Crippen LogP contribution in [0.1, 0.15) is 60.3 Å². The third-order valence-corrected chi connectivity index (χ3v) is 8.32. The fraction of sp³-hybridized carbons (Fsp3) is 0.462.